The van der Waals surface area contributed by atoms with E-state index < -0.39 is 5.60 Å². The highest BCUT2D eigenvalue weighted by atomic mass is 16.5. The quantitative estimate of drug-likeness (QED) is 0.769. The van der Waals surface area contributed by atoms with Gasteiger partial charge in [-0.2, -0.15) is 0 Å². The molecule has 5 heteroatoms. The molecule has 3 aliphatic rings. The molecule has 0 spiro atoms. The summed E-state index contributed by atoms with van der Waals surface area (Å²) in [5.41, 5.74) is 0.661. The van der Waals surface area contributed by atoms with Gasteiger partial charge in [0.05, 0.1) is 11.7 Å². The normalized spacial score (nSPS) is 24.6. The van der Waals surface area contributed by atoms with E-state index in [1.165, 1.54) is 38.6 Å². The lowest BCUT2D eigenvalue weighted by Gasteiger charge is -2.42. The Balaban J connectivity index is 1.25. The molecular formula is C25H38N2O3. The van der Waals surface area contributed by atoms with Gasteiger partial charge in [-0.05, 0) is 82.5 Å². The summed E-state index contributed by atoms with van der Waals surface area (Å²) in [5.74, 6) is 0.920. The van der Waals surface area contributed by atoms with E-state index in [-0.39, 0.29) is 5.91 Å². The molecule has 1 atom stereocenters. The van der Waals surface area contributed by atoms with Crippen LogP contribution in [-0.2, 0) is 10.3 Å². The lowest BCUT2D eigenvalue weighted by molar-refractivity contribution is -0.0416. The van der Waals surface area contributed by atoms with E-state index in [0.717, 1.165) is 50.6 Å². The number of hydrogen-bond acceptors (Lipinski definition) is 4. The largest absolute Gasteiger partial charge is 0.386 e. The van der Waals surface area contributed by atoms with Crippen molar-refractivity contribution in [3.8, 4) is 0 Å². The second kappa shape index (κ2) is 9.37. The standard InChI is InChI=1S/C25H38N2O3/c1-25(2,29)21-10-8-20(9-11-21)24(28)26-15-12-22(13-16-26)27-14-4-7-23(17-27)30-18-19-5-3-6-19/h8-11,19,22-23,29H,3-7,12-18H2,1-2H3. The van der Waals surface area contributed by atoms with Gasteiger partial charge in [-0.1, -0.05) is 18.6 Å². The first-order chi connectivity index (χ1) is 14.4. The summed E-state index contributed by atoms with van der Waals surface area (Å²) >= 11 is 0. The minimum atomic E-state index is -0.881. The maximum Gasteiger partial charge on any atom is 0.253 e. The highest BCUT2D eigenvalue weighted by Gasteiger charge is 2.31. The van der Waals surface area contributed by atoms with Gasteiger partial charge >= 0.3 is 0 Å². The van der Waals surface area contributed by atoms with E-state index in [2.05, 4.69) is 4.90 Å². The maximum atomic E-state index is 12.9. The molecule has 4 rings (SSSR count). The van der Waals surface area contributed by atoms with Crippen LogP contribution in [0.2, 0.25) is 0 Å². The molecule has 1 saturated carbocycles. The van der Waals surface area contributed by atoms with Crippen LogP contribution < -0.4 is 0 Å². The summed E-state index contributed by atoms with van der Waals surface area (Å²) in [4.78, 5) is 17.5. The van der Waals surface area contributed by atoms with E-state index in [1.54, 1.807) is 13.8 Å². The van der Waals surface area contributed by atoms with Crippen LogP contribution in [0.4, 0.5) is 0 Å². The highest BCUT2D eigenvalue weighted by molar-refractivity contribution is 5.94. The summed E-state index contributed by atoms with van der Waals surface area (Å²) in [6.45, 7) is 8.35. The fourth-order valence-electron chi connectivity index (χ4n) is 5.00. The van der Waals surface area contributed by atoms with Gasteiger partial charge in [0.25, 0.3) is 5.91 Å². The summed E-state index contributed by atoms with van der Waals surface area (Å²) < 4.78 is 6.23. The van der Waals surface area contributed by atoms with Crippen molar-refractivity contribution in [1.82, 2.24) is 9.80 Å². The lowest BCUT2D eigenvalue weighted by atomic mass is 9.86. The maximum absolute atomic E-state index is 12.9. The topological polar surface area (TPSA) is 53.0 Å². The van der Waals surface area contributed by atoms with Gasteiger partial charge in [-0.3, -0.25) is 9.69 Å². The van der Waals surface area contributed by atoms with Crippen molar-refractivity contribution in [2.75, 3.05) is 32.8 Å². The van der Waals surface area contributed by atoms with Crippen LogP contribution >= 0.6 is 0 Å². The molecule has 2 aliphatic heterocycles. The highest BCUT2D eigenvalue weighted by Crippen LogP contribution is 2.28. The number of amides is 1. The third kappa shape index (κ3) is 5.24. The molecule has 30 heavy (non-hydrogen) atoms. The third-order valence-electron chi connectivity index (χ3n) is 7.31. The predicted octanol–water partition coefficient (Wildman–Crippen LogP) is 3.80. The van der Waals surface area contributed by atoms with Crippen molar-refractivity contribution >= 4 is 5.91 Å². The minimum Gasteiger partial charge on any atom is -0.386 e. The molecule has 1 amide bonds. The zero-order valence-electron chi connectivity index (χ0n) is 18.7. The monoisotopic (exact) mass is 414 g/mol. The lowest BCUT2D eigenvalue weighted by Crippen LogP contribution is -2.51. The first kappa shape index (κ1) is 21.8. The van der Waals surface area contributed by atoms with Gasteiger partial charge in [0.2, 0.25) is 0 Å². The Morgan fingerprint density at radius 2 is 1.73 bits per heavy atom. The molecule has 5 nitrogen and oxygen atoms in total. The van der Waals surface area contributed by atoms with Crippen molar-refractivity contribution in [2.45, 2.75) is 76.5 Å². The first-order valence-electron chi connectivity index (χ1n) is 11.9. The second-order valence-electron chi connectivity index (χ2n) is 10.0. The van der Waals surface area contributed by atoms with Gasteiger partial charge in [0.15, 0.2) is 0 Å². The van der Waals surface area contributed by atoms with Crippen molar-refractivity contribution in [1.29, 1.82) is 0 Å². The Hall–Kier alpha value is -1.43. The molecule has 1 aromatic rings. The van der Waals surface area contributed by atoms with Crippen LogP contribution in [0.15, 0.2) is 24.3 Å². The molecule has 1 unspecified atom stereocenters. The number of rotatable bonds is 6. The number of benzene rings is 1. The molecule has 0 radical (unpaired) electrons. The number of hydrogen-bond donors (Lipinski definition) is 1. The zero-order chi connectivity index (χ0) is 21.1. The van der Waals surface area contributed by atoms with Crippen LogP contribution in [0.25, 0.3) is 0 Å². The molecule has 2 heterocycles. The average Bonchev–Trinajstić information content (AvgIpc) is 2.72. The number of piperidine rings is 2. The fraction of sp³-hybridized carbons (Fsp3) is 0.720. The summed E-state index contributed by atoms with van der Waals surface area (Å²) in [7, 11) is 0. The molecular weight excluding hydrogens is 376 g/mol. The van der Waals surface area contributed by atoms with E-state index in [0.29, 0.717) is 17.7 Å². The van der Waals surface area contributed by atoms with Gasteiger partial charge in [0, 0.05) is 37.8 Å². The molecule has 1 aromatic carbocycles. The van der Waals surface area contributed by atoms with Crippen molar-refractivity contribution in [2.24, 2.45) is 5.92 Å². The SMILES string of the molecule is CC(C)(O)c1ccc(C(=O)N2CCC(N3CCCC(OCC4CCC4)C3)CC2)cc1. The van der Waals surface area contributed by atoms with Gasteiger partial charge in [0.1, 0.15) is 0 Å². The number of carbonyl (C=O) groups is 1. The zero-order valence-corrected chi connectivity index (χ0v) is 18.7. The Labute approximate surface area is 181 Å². The smallest absolute Gasteiger partial charge is 0.253 e. The summed E-state index contributed by atoms with van der Waals surface area (Å²) in [5, 5.41) is 10.1. The van der Waals surface area contributed by atoms with Crippen LogP contribution in [0.5, 0.6) is 0 Å². The predicted molar refractivity (Wildman–Crippen MR) is 119 cm³/mol. The second-order valence-corrected chi connectivity index (χ2v) is 10.0. The first-order valence-corrected chi connectivity index (χ1v) is 11.9. The van der Waals surface area contributed by atoms with Gasteiger partial charge in [-0.25, -0.2) is 0 Å². The Morgan fingerprint density at radius 1 is 1.03 bits per heavy atom. The number of aliphatic hydroxyl groups is 1. The molecule has 0 bridgehead atoms. The van der Waals surface area contributed by atoms with Crippen LogP contribution in [-0.4, -0.2) is 65.7 Å². The van der Waals surface area contributed by atoms with Crippen molar-refractivity contribution in [3.63, 3.8) is 0 Å². The number of carbonyl (C=O) groups excluding carboxylic acids is 1. The average molecular weight is 415 g/mol. The number of ether oxygens (including phenoxy) is 1. The van der Waals surface area contributed by atoms with E-state index in [1.807, 2.05) is 29.2 Å². The van der Waals surface area contributed by atoms with E-state index >= 15 is 0 Å². The summed E-state index contributed by atoms with van der Waals surface area (Å²) in [6.07, 6.45) is 8.99. The van der Waals surface area contributed by atoms with Crippen molar-refractivity contribution in [3.05, 3.63) is 35.4 Å². The molecule has 1 N–H and O–H groups in total. The van der Waals surface area contributed by atoms with Crippen LogP contribution in [0.3, 0.4) is 0 Å². The number of likely N-dealkylation sites (tertiary alicyclic amines) is 2. The van der Waals surface area contributed by atoms with Crippen LogP contribution in [0, 0.1) is 5.92 Å². The molecule has 3 fully saturated rings. The fourth-order valence-corrected chi connectivity index (χ4v) is 5.00. The van der Waals surface area contributed by atoms with E-state index in [9.17, 15) is 9.90 Å². The summed E-state index contributed by atoms with van der Waals surface area (Å²) in [6, 6.07) is 7.98. The molecule has 166 valence electrons. The Bertz CT molecular complexity index is 700. The van der Waals surface area contributed by atoms with Crippen molar-refractivity contribution < 1.29 is 14.6 Å². The molecule has 1 aliphatic carbocycles. The molecule has 2 saturated heterocycles. The van der Waals surface area contributed by atoms with Gasteiger partial charge in [-0.15, -0.1) is 0 Å². The third-order valence-corrected chi connectivity index (χ3v) is 7.31. The Kier molecular flexibility index (Phi) is 6.81. The van der Waals surface area contributed by atoms with Crippen LogP contribution in [0.1, 0.15) is 74.7 Å². The Morgan fingerprint density at radius 3 is 2.33 bits per heavy atom. The van der Waals surface area contributed by atoms with E-state index in [4.69, 9.17) is 4.74 Å². The minimum absolute atomic E-state index is 0.107. The van der Waals surface area contributed by atoms with Gasteiger partial charge < -0.3 is 14.7 Å². The molecule has 0 aromatic heterocycles. The number of nitrogens with zero attached hydrogens (tertiary/aromatic N) is 2.